The van der Waals surface area contributed by atoms with Crippen molar-refractivity contribution >= 4 is 30.8 Å². The summed E-state index contributed by atoms with van der Waals surface area (Å²) in [7, 11) is 1.71. The number of hydrogen-bond donors (Lipinski definition) is 0. The Morgan fingerprint density at radius 2 is 2.12 bits per heavy atom. The maximum atomic E-state index is 11.5. The Bertz CT molecular complexity index is 659. The number of para-hydroxylation sites is 1. The molecular formula is C10H9ClN2O2S. The minimum absolute atomic E-state index is 0.149. The minimum Gasteiger partial charge on any atom is -0.326 e. The van der Waals surface area contributed by atoms with E-state index in [1.165, 1.54) is 6.07 Å². The second kappa shape index (κ2) is 3.21. The Hall–Kier alpha value is -1.07. The van der Waals surface area contributed by atoms with Crippen LogP contribution in [0.15, 0.2) is 29.4 Å². The predicted octanol–water partition coefficient (Wildman–Crippen LogP) is 2.30. The van der Waals surface area contributed by atoms with E-state index in [1.807, 2.05) is 4.57 Å². The molecule has 2 aromatic rings. The Kier molecular flexibility index (Phi) is 2.03. The highest BCUT2D eigenvalue weighted by Gasteiger charge is 2.27. The predicted molar refractivity (Wildman–Crippen MR) is 61.0 cm³/mol. The first-order chi connectivity index (χ1) is 7.57. The van der Waals surface area contributed by atoms with Gasteiger partial charge in [0, 0.05) is 16.7 Å². The molecule has 1 fully saturated rings. The zero-order valence-electron chi connectivity index (χ0n) is 8.30. The number of aromatic nitrogens is 2. The first-order valence-electron chi connectivity index (χ1n) is 4.97. The van der Waals surface area contributed by atoms with Crippen LogP contribution in [0, 0.1) is 0 Å². The van der Waals surface area contributed by atoms with Crippen molar-refractivity contribution < 1.29 is 8.42 Å². The number of rotatable bonds is 2. The van der Waals surface area contributed by atoms with Crippen molar-refractivity contribution in [1.82, 2.24) is 9.55 Å². The molecule has 16 heavy (non-hydrogen) atoms. The van der Waals surface area contributed by atoms with Gasteiger partial charge in [-0.1, -0.05) is 6.07 Å². The lowest BCUT2D eigenvalue weighted by molar-refractivity contribution is 0.609. The van der Waals surface area contributed by atoms with Gasteiger partial charge in [0.2, 0.25) is 0 Å². The summed E-state index contributed by atoms with van der Waals surface area (Å²) in [5.41, 5.74) is 1.30. The average Bonchev–Trinajstić information content (AvgIpc) is 2.96. The van der Waals surface area contributed by atoms with Crippen LogP contribution in [0.3, 0.4) is 0 Å². The summed E-state index contributed by atoms with van der Waals surface area (Å²) in [6.45, 7) is 0. The maximum Gasteiger partial charge on any atom is 0.263 e. The number of benzene rings is 1. The summed E-state index contributed by atoms with van der Waals surface area (Å²) in [4.78, 5) is 4.34. The highest BCUT2D eigenvalue weighted by atomic mass is 35.7. The molecule has 0 radical (unpaired) electrons. The zero-order chi connectivity index (χ0) is 11.3. The molecule has 1 aliphatic rings. The van der Waals surface area contributed by atoms with Gasteiger partial charge in [0.25, 0.3) is 9.05 Å². The average molecular weight is 257 g/mol. The van der Waals surface area contributed by atoms with Gasteiger partial charge in [0.1, 0.15) is 4.90 Å². The zero-order valence-corrected chi connectivity index (χ0v) is 9.87. The smallest absolute Gasteiger partial charge is 0.263 e. The molecule has 1 saturated carbocycles. The SMILES string of the molecule is O=S(=O)(Cl)c1cccc2ncn(C3CC3)c12. The lowest BCUT2D eigenvalue weighted by atomic mass is 10.3. The molecule has 1 aromatic carbocycles. The van der Waals surface area contributed by atoms with E-state index in [1.54, 1.807) is 18.5 Å². The van der Waals surface area contributed by atoms with Gasteiger partial charge in [0.15, 0.2) is 0 Å². The molecular weight excluding hydrogens is 248 g/mol. The van der Waals surface area contributed by atoms with E-state index < -0.39 is 9.05 Å². The summed E-state index contributed by atoms with van der Waals surface area (Å²) >= 11 is 0. The van der Waals surface area contributed by atoms with Gasteiger partial charge in [-0.3, -0.25) is 0 Å². The highest BCUT2D eigenvalue weighted by Crippen LogP contribution is 2.38. The van der Waals surface area contributed by atoms with E-state index in [0.29, 0.717) is 17.1 Å². The molecule has 1 aliphatic carbocycles. The van der Waals surface area contributed by atoms with E-state index in [2.05, 4.69) is 4.98 Å². The van der Waals surface area contributed by atoms with Crippen LogP contribution in [0.25, 0.3) is 11.0 Å². The second-order valence-electron chi connectivity index (χ2n) is 3.94. The first kappa shape index (κ1) is 10.1. The number of fused-ring (bicyclic) bond motifs is 1. The Morgan fingerprint density at radius 1 is 1.38 bits per heavy atom. The minimum atomic E-state index is -3.72. The van der Waals surface area contributed by atoms with Gasteiger partial charge >= 0.3 is 0 Å². The number of imidazole rings is 1. The number of nitrogens with zero attached hydrogens (tertiary/aromatic N) is 2. The summed E-state index contributed by atoms with van der Waals surface area (Å²) in [6.07, 6.45) is 3.83. The van der Waals surface area contributed by atoms with Crippen molar-refractivity contribution in [3.05, 3.63) is 24.5 Å². The Morgan fingerprint density at radius 3 is 2.75 bits per heavy atom. The quantitative estimate of drug-likeness (QED) is 0.775. The third-order valence-electron chi connectivity index (χ3n) is 2.76. The topological polar surface area (TPSA) is 52.0 Å². The van der Waals surface area contributed by atoms with Crippen LogP contribution < -0.4 is 0 Å². The van der Waals surface area contributed by atoms with E-state index in [4.69, 9.17) is 10.7 Å². The standard InChI is InChI=1S/C10H9ClN2O2S/c11-16(14,15)9-3-1-2-8-10(9)13(6-12-8)7-4-5-7/h1-3,6-7H,4-5H2. The van der Waals surface area contributed by atoms with Crippen LogP contribution in [0.1, 0.15) is 18.9 Å². The van der Waals surface area contributed by atoms with Crippen molar-refractivity contribution in [3.8, 4) is 0 Å². The lowest BCUT2D eigenvalue weighted by Crippen LogP contribution is -1.98. The summed E-state index contributed by atoms with van der Waals surface area (Å²) in [5, 5.41) is 0. The van der Waals surface area contributed by atoms with Crippen LogP contribution in [-0.2, 0) is 9.05 Å². The van der Waals surface area contributed by atoms with Crippen molar-refractivity contribution in [2.45, 2.75) is 23.8 Å². The van der Waals surface area contributed by atoms with Crippen LogP contribution in [0.5, 0.6) is 0 Å². The maximum absolute atomic E-state index is 11.5. The molecule has 4 nitrogen and oxygen atoms in total. The summed E-state index contributed by atoms with van der Waals surface area (Å²) in [5.74, 6) is 0. The molecule has 0 N–H and O–H groups in total. The third kappa shape index (κ3) is 1.51. The largest absolute Gasteiger partial charge is 0.326 e. The fourth-order valence-electron chi connectivity index (χ4n) is 1.88. The molecule has 0 aliphatic heterocycles. The molecule has 1 aromatic heterocycles. The molecule has 0 amide bonds. The van der Waals surface area contributed by atoms with Crippen molar-refractivity contribution in [1.29, 1.82) is 0 Å². The number of hydrogen-bond acceptors (Lipinski definition) is 3. The molecule has 0 bridgehead atoms. The van der Waals surface area contributed by atoms with E-state index in [0.717, 1.165) is 12.8 Å². The van der Waals surface area contributed by atoms with Crippen LogP contribution in [0.4, 0.5) is 0 Å². The van der Waals surface area contributed by atoms with Crippen molar-refractivity contribution in [2.75, 3.05) is 0 Å². The summed E-state index contributed by atoms with van der Waals surface area (Å²) in [6, 6.07) is 5.34. The van der Waals surface area contributed by atoms with Gasteiger partial charge in [-0.15, -0.1) is 0 Å². The molecule has 0 saturated heterocycles. The van der Waals surface area contributed by atoms with E-state index in [-0.39, 0.29) is 4.90 Å². The molecule has 1 heterocycles. The molecule has 84 valence electrons. The molecule has 0 atom stereocenters. The normalized spacial score (nSPS) is 16.8. The fourth-order valence-corrected chi connectivity index (χ4v) is 2.94. The Balaban J connectivity index is 2.39. The van der Waals surface area contributed by atoms with Crippen molar-refractivity contribution in [3.63, 3.8) is 0 Å². The van der Waals surface area contributed by atoms with Gasteiger partial charge in [-0.05, 0) is 25.0 Å². The van der Waals surface area contributed by atoms with Crippen molar-refractivity contribution in [2.24, 2.45) is 0 Å². The second-order valence-corrected chi connectivity index (χ2v) is 6.48. The van der Waals surface area contributed by atoms with Crippen LogP contribution in [-0.4, -0.2) is 18.0 Å². The molecule has 3 rings (SSSR count). The monoisotopic (exact) mass is 256 g/mol. The van der Waals surface area contributed by atoms with Crippen LogP contribution >= 0.6 is 10.7 Å². The van der Waals surface area contributed by atoms with Crippen LogP contribution in [0.2, 0.25) is 0 Å². The summed E-state index contributed by atoms with van der Waals surface area (Å²) < 4.78 is 24.8. The number of halogens is 1. The Labute approximate surface area is 97.3 Å². The molecule has 0 unspecified atom stereocenters. The fraction of sp³-hybridized carbons (Fsp3) is 0.300. The van der Waals surface area contributed by atoms with Gasteiger partial charge in [0.05, 0.1) is 17.4 Å². The first-order valence-corrected chi connectivity index (χ1v) is 7.28. The van der Waals surface area contributed by atoms with E-state index in [9.17, 15) is 8.42 Å². The van der Waals surface area contributed by atoms with Gasteiger partial charge < -0.3 is 4.57 Å². The molecule has 0 spiro atoms. The van der Waals surface area contributed by atoms with E-state index >= 15 is 0 Å². The lowest BCUT2D eigenvalue weighted by Gasteiger charge is -2.04. The highest BCUT2D eigenvalue weighted by molar-refractivity contribution is 8.14. The molecule has 6 heteroatoms. The van der Waals surface area contributed by atoms with Gasteiger partial charge in [-0.2, -0.15) is 0 Å². The third-order valence-corrected chi connectivity index (χ3v) is 4.11. The van der Waals surface area contributed by atoms with Gasteiger partial charge in [-0.25, -0.2) is 13.4 Å².